The van der Waals surface area contributed by atoms with Crippen molar-refractivity contribution in [2.75, 3.05) is 18.6 Å². The van der Waals surface area contributed by atoms with Crippen molar-refractivity contribution in [2.24, 2.45) is 0 Å². The number of ether oxygens (including phenoxy) is 1. The van der Waals surface area contributed by atoms with Crippen LogP contribution in [0.15, 0.2) is 24.3 Å². The summed E-state index contributed by atoms with van der Waals surface area (Å²) in [7, 11) is 0. The molecule has 0 spiro atoms. The van der Waals surface area contributed by atoms with Crippen LogP contribution < -0.4 is 4.74 Å². The van der Waals surface area contributed by atoms with Gasteiger partial charge in [0.25, 0.3) is 0 Å². The van der Waals surface area contributed by atoms with Crippen molar-refractivity contribution in [1.82, 2.24) is 0 Å². The Morgan fingerprint density at radius 3 is 2.92 bits per heavy atom. The van der Waals surface area contributed by atoms with Crippen molar-refractivity contribution in [2.45, 2.75) is 6.92 Å². The first kappa shape index (κ1) is 9.46. The van der Waals surface area contributed by atoms with Gasteiger partial charge in [-0.1, -0.05) is 12.1 Å². The Morgan fingerprint density at radius 1 is 1.42 bits per heavy atom. The Balaban J connectivity index is 2.41. The van der Waals surface area contributed by atoms with Gasteiger partial charge in [-0.3, -0.25) is 0 Å². The van der Waals surface area contributed by atoms with Crippen LogP contribution in [-0.2, 0) is 0 Å². The van der Waals surface area contributed by atoms with Gasteiger partial charge in [0.2, 0.25) is 0 Å². The van der Waals surface area contributed by atoms with E-state index in [2.05, 4.69) is 25.3 Å². The highest BCUT2D eigenvalue weighted by Gasteiger charge is 1.91. The van der Waals surface area contributed by atoms with Gasteiger partial charge >= 0.3 is 0 Å². The summed E-state index contributed by atoms with van der Waals surface area (Å²) in [5, 5.41) is 0. The first-order valence-electron chi connectivity index (χ1n) is 4.01. The number of thioether (sulfide) groups is 1. The minimum absolute atomic E-state index is 0.796. The number of rotatable bonds is 4. The molecule has 0 aliphatic carbocycles. The molecule has 0 heterocycles. The molecule has 0 N–H and O–H groups in total. The molecular formula is C10H14OS. The van der Waals surface area contributed by atoms with Crippen LogP contribution >= 0.6 is 11.8 Å². The number of hydrogen-bond donors (Lipinski definition) is 0. The molecule has 1 aromatic rings. The van der Waals surface area contributed by atoms with Crippen molar-refractivity contribution in [3.8, 4) is 5.75 Å². The predicted octanol–water partition coefficient (Wildman–Crippen LogP) is 2.74. The summed E-state index contributed by atoms with van der Waals surface area (Å²) in [6.07, 6.45) is 2.08. The molecule has 0 radical (unpaired) electrons. The molecule has 0 aliphatic heterocycles. The van der Waals surface area contributed by atoms with E-state index in [4.69, 9.17) is 4.74 Å². The van der Waals surface area contributed by atoms with E-state index >= 15 is 0 Å². The summed E-state index contributed by atoms with van der Waals surface area (Å²) in [6, 6.07) is 8.14. The summed E-state index contributed by atoms with van der Waals surface area (Å²) < 4.78 is 5.51. The first-order chi connectivity index (χ1) is 5.83. The molecule has 0 aliphatic rings. The Kier molecular flexibility index (Phi) is 4.01. The van der Waals surface area contributed by atoms with Crippen LogP contribution in [0.3, 0.4) is 0 Å². The summed E-state index contributed by atoms with van der Waals surface area (Å²) in [6.45, 7) is 2.87. The minimum atomic E-state index is 0.796. The molecule has 0 atom stereocenters. The lowest BCUT2D eigenvalue weighted by atomic mass is 10.2. The molecule has 0 saturated carbocycles. The van der Waals surface area contributed by atoms with E-state index in [9.17, 15) is 0 Å². The van der Waals surface area contributed by atoms with Gasteiger partial charge < -0.3 is 4.74 Å². The zero-order chi connectivity index (χ0) is 8.81. The fraction of sp³-hybridized carbons (Fsp3) is 0.400. The second-order valence-corrected chi connectivity index (χ2v) is 3.64. The van der Waals surface area contributed by atoms with Crippen LogP contribution in [0.5, 0.6) is 5.75 Å². The molecule has 0 fully saturated rings. The van der Waals surface area contributed by atoms with Gasteiger partial charge in [-0.15, -0.1) is 0 Å². The zero-order valence-electron chi connectivity index (χ0n) is 7.54. The first-order valence-corrected chi connectivity index (χ1v) is 5.40. The monoisotopic (exact) mass is 182 g/mol. The third-order valence-corrected chi connectivity index (χ3v) is 2.12. The standard InChI is InChI=1S/C10H14OS/c1-9-4-3-5-10(8-9)11-6-7-12-2/h3-5,8H,6-7H2,1-2H3. The lowest BCUT2D eigenvalue weighted by Gasteiger charge is -2.04. The van der Waals surface area contributed by atoms with Crippen LogP contribution in [0.1, 0.15) is 5.56 Å². The van der Waals surface area contributed by atoms with E-state index in [-0.39, 0.29) is 0 Å². The Labute approximate surface area is 78.1 Å². The quantitative estimate of drug-likeness (QED) is 0.662. The van der Waals surface area contributed by atoms with Crippen LogP contribution in [0.4, 0.5) is 0 Å². The second-order valence-electron chi connectivity index (χ2n) is 2.66. The van der Waals surface area contributed by atoms with Gasteiger partial charge in [-0.05, 0) is 30.9 Å². The molecule has 2 heteroatoms. The fourth-order valence-corrected chi connectivity index (χ4v) is 1.20. The molecule has 1 aromatic carbocycles. The molecule has 0 bridgehead atoms. The Bertz CT molecular complexity index is 235. The van der Waals surface area contributed by atoms with E-state index in [0.717, 1.165) is 18.1 Å². The molecule has 1 nitrogen and oxygen atoms in total. The summed E-state index contributed by atoms with van der Waals surface area (Å²) in [5.41, 5.74) is 1.25. The molecule has 0 saturated heterocycles. The topological polar surface area (TPSA) is 9.23 Å². The molecule has 0 aromatic heterocycles. The molecule has 12 heavy (non-hydrogen) atoms. The molecule has 66 valence electrons. The normalized spacial score (nSPS) is 9.83. The van der Waals surface area contributed by atoms with Gasteiger partial charge in [-0.2, -0.15) is 11.8 Å². The average Bonchev–Trinajstić information content (AvgIpc) is 2.05. The highest BCUT2D eigenvalue weighted by atomic mass is 32.2. The lowest BCUT2D eigenvalue weighted by molar-refractivity contribution is 0.344. The van der Waals surface area contributed by atoms with E-state index in [1.807, 2.05) is 12.1 Å². The number of hydrogen-bond acceptors (Lipinski definition) is 2. The molecule has 0 unspecified atom stereocenters. The summed E-state index contributed by atoms with van der Waals surface area (Å²) >= 11 is 1.80. The van der Waals surface area contributed by atoms with Crippen LogP contribution in [-0.4, -0.2) is 18.6 Å². The minimum Gasteiger partial charge on any atom is -0.493 e. The highest BCUT2D eigenvalue weighted by Crippen LogP contribution is 2.12. The predicted molar refractivity (Wildman–Crippen MR) is 55.1 cm³/mol. The lowest BCUT2D eigenvalue weighted by Crippen LogP contribution is -1.99. The van der Waals surface area contributed by atoms with Gasteiger partial charge in [0.1, 0.15) is 5.75 Å². The maximum Gasteiger partial charge on any atom is 0.119 e. The smallest absolute Gasteiger partial charge is 0.119 e. The third kappa shape index (κ3) is 3.18. The third-order valence-electron chi connectivity index (χ3n) is 1.55. The SMILES string of the molecule is CSCCOc1cccc(C)c1. The largest absolute Gasteiger partial charge is 0.493 e. The number of benzene rings is 1. The van der Waals surface area contributed by atoms with Crippen molar-refractivity contribution in [3.63, 3.8) is 0 Å². The van der Waals surface area contributed by atoms with Gasteiger partial charge in [0.05, 0.1) is 6.61 Å². The van der Waals surface area contributed by atoms with Crippen LogP contribution in [0.2, 0.25) is 0 Å². The van der Waals surface area contributed by atoms with E-state index in [1.54, 1.807) is 11.8 Å². The molecular weight excluding hydrogens is 168 g/mol. The van der Waals surface area contributed by atoms with Crippen LogP contribution in [0, 0.1) is 6.92 Å². The zero-order valence-corrected chi connectivity index (χ0v) is 8.36. The Morgan fingerprint density at radius 2 is 2.25 bits per heavy atom. The molecule has 0 amide bonds. The Hall–Kier alpha value is -0.630. The maximum atomic E-state index is 5.51. The van der Waals surface area contributed by atoms with E-state index in [1.165, 1.54) is 5.56 Å². The van der Waals surface area contributed by atoms with E-state index < -0.39 is 0 Å². The van der Waals surface area contributed by atoms with Crippen LogP contribution in [0.25, 0.3) is 0 Å². The van der Waals surface area contributed by atoms with Crippen molar-refractivity contribution < 1.29 is 4.74 Å². The fourth-order valence-electron chi connectivity index (χ4n) is 0.948. The van der Waals surface area contributed by atoms with Gasteiger partial charge in [0, 0.05) is 5.75 Å². The van der Waals surface area contributed by atoms with Crippen molar-refractivity contribution in [1.29, 1.82) is 0 Å². The summed E-state index contributed by atoms with van der Waals surface area (Å²) in [4.78, 5) is 0. The van der Waals surface area contributed by atoms with Gasteiger partial charge in [-0.25, -0.2) is 0 Å². The second kappa shape index (κ2) is 5.09. The van der Waals surface area contributed by atoms with Crippen molar-refractivity contribution >= 4 is 11.8 Å². The maximum absolute atomic E-state index is 5.51. The number of aryl methyl sites for hydroxylation is 1. The van der Waals surface area contributed by atoms with Crippen molar-refractivity contribution in [3.05, 3.63) is 29.8 Å². The summed E-state index contributed by atoms with van der Waals surface area (Å²) in [5.74, 6) is 2.03. The molecule has 1 rings (SSSR count). The van der Waals surface area contributed by atoms with Gasteiger partial charge in [0.15, 0.2) is 0 Å². The van der Waals surface area contributed by atoms with E-state index in [0.29, 0.717) is 0 Å². The average molecular weight is 182 g/mol. The highest BCUT2D eigenvalue weighted by molar-refractivity contribution is 7.98.